The maximum absolute atomic E-state index is 12.9. The highest BCUT2D eigenvalue weighted by Crippen LogP contribution is 2.15. The summed E-state index contributed by atoms with van der Waals surface area (Å²) in [7, 11) is 0. The van der Waals surface area contributed by atoms with E-state index in [1.165, 1.54) is 141 Å². The summed E-state index contributed by atoms with van der Waals surface area (Å²) < 4.78 is 16.8. The lowest BCUT2D eigenvalue weighted by atomic mass is 10.0. The normalized spacial score (nSPS) is 12.9. The van der Waals surface area contributed by atoms with Crippen molar-refractivity contribution < 1.29 is 28.6 Å². The Hall–Kier alpha value is -3.93. The zero-order valence-electron chi connectivity index (χ0n) is 48.3. The standard InChI is InChI=1S/C68H114O6/c1-4-7-10-13-16-19-22-25-28-30-31-32-33-34-35-36-37-38-41-43-46-49-52-55-58-61-67(70)73-64-65(63-72-66(69)60-57-54-51-48-45-42-39-27-24-21-18-15-12-9-6-3)74-68(71)62-59-56-53-50-47-44-40-29-26-23-20-17-14-11-8-5-2/h9,12,18,20-23,25,27,29-31,39-40,45,48,54,57,65H,4-8,10-11,13-17,19,24,26,28,32-38,41-44,46-47,49-53,55-56,58-64H2,1-3H3/b12-9-,21-18-,23-20-,25-22-,31-30-,39-27-,40-29-,48-45-,57-54-. The van der Waals surface area contributed by atoms with E-state index in [9.17, 15) is 14.4 Å². The van der Waals surface area contributed by atoms with Gasteiger partial charge in [0.05, 0.1) is 6.42 Å². The van der Waals surface area contributed by atoms with E-state index in [1.807, 2.05) is 6.08 Å². The number of unbranched alkanes of at least 4 members (excludes halogenated alkanes) is 27. The van der Waals surface area contributed by atoms with Gasteiger partial charge in [-0.05, 0) is 109 Å². The van der Waals surface area contributed by atoms with Crippen molar-refractivity contribution in [1.29, 1.82) is 0 Å². The molecule has 422 valence electrons. The highest BCUT2D eigenvalue weighted by Gasteiger charge is 2.19. The van der Waals surface area contributed by atoms with Crippen molar-refractivity contribution in [2.45, 2.75) is 290 Å². The number of esters is 3. The molecule has 6 heteroatoms. The van der Waals surface area contributed by atoms with Gasteiger partial charge >= 0.3 is 17.9 Å². The molecule has 0 saturated carbocycles. The van der Waals surface area contributed by atoms with Crippen LogP contribution in [0.1, 0.15) is 284 Å². The van der Waals surface area contributed by atoms with Crippen molar-refractivity contribution in [3.05, 3.63) is 109 Å². The van der Waals surface area contributed by atoms with Crippen molar-refractivity contribution in [1.82, 2.24) is 0 Å². The van der Waals surface area contributed by atoms with Gasteiger partial charge in [0.15, 0.2) is 6.10 Å². The summed E-state index contributed by atoms with van der Waals surface area (Å²) in [5.74, 6) is -1.06. The van der Waals surface area contributed by atoms with Gasteiger partial charge < -0.3 is 14.2 Å². The lowest BCUT2D eigenvalue weighted by molar-refractivity contribution is -0.166. The fourth-order valence-electron chi connectivity index (χ4n) is 8.40. The molecule has 0 heterocycles. The Bertz CT molecular complexity index is 1510. The third kappa shape index (κ3) is 59.0. The maximum atomic E-state index is 12.9. The lowest BCUT2D eigenvalue weighted by Gasteiger charge is -2.18. The summed E-state index contributed by atoms with van der Waals surface area (Å²) in [6.07, 6.45) is 84.0. The molecule has 74 heavy (non-hydrogen) atoms. The van der Waals surface area contributed by atoms with Crippen molar-refractivity contribution in [2.75, 3.05) is 13.2 Å². The van der Waals surface area contributed by atoms with Crippen LogP contribution in [-0.2, 0) is 28.6 Å². The van der Waals surface area contributed by atoms with Crippen LogP contribution in [0, 0.1) is 0 Å². The van der Waals surface area contributed by atoms with Gasteiger partial charge in [-0.25, -0.2) is 0 Å². The fraction of sp³-hybridized carbons (Fsp3) is 0.691. The number of carbonyl (C=O) groups excluding carboxylic acids is 3. The van der Waals surface area contributed by atoms with Crippen LogP contribution in [0.15, 0.2) is 109 Å². The first kappa shape index (κ1) is 70.1. The predicted octanol–water partition coefficient (Wildman–Crippen LogP) is 21.0. The van der Waals surface area contributed by atoms with Crippen molar-refractivity contribution in [2.24, 2.45) is 0 Å². The van der Waals surface area contributed by atoms with E-state index < -0.39 is 12.1 Å². The molecule has 0 fully saturated rings. The second kappa shape index (κ2) is 61.6. The average molecular weight is 1030 g/mol. The van der Waals surface area contributed by atoms with Gasteiger partial charge in [-0.1, -0.05) is 265 Å². The molecule has 0 aromatic heterocycles. The van der Waals surface area contributed by atoms with Gasteiger partial charge in [0.25, 0.3) is 0 Å². The zero-order valence-corrected chi connectivity index (χ0v) is 48.3. The number of hydrogen-bond acceptors (Lipinski definition) is 6. The number of carbonyl (C=O) groups is 3. The lowest BCUT2D eigenvalue weighted by Crippen LogP contribution is -2.30. The van der Waals surface area contributed by atoms with Crippen molar-refractivity contribution >= 4 is 17.9 Å². The molecule has 0 amide bonds. The highest BCUT2D eigenvalue weighted by atomic mass is 16.6. The van der Waals surface area contributed by atoms with E-state index >= 15 is 0 Å². The number of allylic oxidation sites excluding steroid dienone is 17. The quantitative estimate of drug-likeness (QED) is 0.0261. The van der Waals surface area contributed by atoms with E-state index in [1.54, 1.807) is 6.08 Å². The summed E-state index contributed by atoms with van der Waals surface area (Å²) in [4.78, 5) is 38.2. The minimum atomic E-state index is -0.828. The van der Waals surface area contributed by atoms with E-state index in [0.717, 1.165) is 103 Å². The Morgan fingerprint density at radius 1 is 0.297 bits per heavy atom. The Morgan fingerprint density at radius 2 is 0.581 bits per heavy atom. The third-order valence-corrected chi connectivity index (χ3v) is 13.0. The molecule has 0 saturated heterocycles. The molecule has 0 aromatic carbocycles. The molecule has 1 unspecified atom stereocenters. The minimum Gasteiger partial charge on any atom is -0.462 e. The predicted molar refractivity (Wildman–Crippen MR) is 320 cm³/mol. The van der Waals surface area contributed by atoms with Gasteiger partial charge in [0.2, 0.25) is 0 Å². The van der Waals surface area contributed by atoms with Crippen LogP contribution >= 0.6 is 0 Å². The molecule has 1 atom stereocenters. The van der Waals surface area contributed by atoms with Gasteiger partial charge in [-0.2, -0.15) is 0 Å². The maximum Gasteiger partial charge on any atom is 0.309 e. The molecule has 0 aliphatic rings. The molecule has 0 bridgehead atoms. The Kier molecular flexibility index (Phi) is 58.3. The molecule has 0 N–H and O–H groups in total. The van der Waals surface area contributed by atoms with Gasteiger partial charge in [0.1, 0.15) is 13.2 Å². The molecule has 0 radical (unpaired) electrons. The zero-order chi connectivity index (χ0) is 53.6. The van der Waals surface area contributed by atoms with Gasteiger partial charge in [-0.15, -0.1) is 0 Å². The first-order valence-corrected chi connectivity index (χ1v) is 30.9. The largest absolute Gasteiger partial charge is 0.462 e. The first-order valence-electron chi connectivity index (χ1n) is 30.9. The smallest absolute Gasteiger partial charge is 0.309 e. The highest BCUT2D eigenvalue weighted by molar-refractivity contribution is 5.72. The monoisotopic (exact) mass is 1030 g/mol. The van der Waals surface area contributed by atoms with Crippen LogP contribution in [0.3, 0.4) is 0 Å². The van der Waals surface area contributed by atoms with Crippen LogP contribution < -0.4 is 0 Å². The minimum absolute atomic E-state index is 0.115. The summed E-state index contributed by atoms with van der Waals surface area (Å²) >= 11 is 0. The fourth-order valence-corrected chi connectivity index (χ4v) is 8.40. The van der Waals surface area contributed by atoms with Crippen LogP contribution in [0.5, 0.6) is 0 Å². The van der Waals surface area contributed by atoms with E-state index in [0.29, 0.717) is 12.8 Å². The third-order valence-electron chi connectivity index (χ3n) is 13.0. The summed E-state index contributed by atoms with van der Waals surface area (Å²) in [6.45, 7) is 6.41. The number of ether oxygens (including phenoxy) is 3. The number of rotatable bonds is 55. The van der Waals surface area contributed by atoms with E-state index in [2.05, 4.69) is 118 Å². The summed E-state index contributed by atoms with van der Waals surface area (Å²) in [5, 5.41) is 0. The molecule has 0 spiro atoms. The Labute approximate surface area is 457 Å². The van der Waals surface area contributed by atoms with Gasteiger partial charge in [0, 0.05) is 12.8 Å². The second-order valence-corrected chi connectivity index (χ2v) is 20.2. The van der Waals surface area contributed by atoms with Crippen LogP contribution in [-0.4, -0.2) is 37.2 Å². The molecule has 0 rings (SSSR count). The number of hydrogen-bond donors (Lipinski definition) is 0. The van der Waals surface area contributed by atoms with Crippen molar-refractivity contribution in [3.8, 4) is 0 Å². The van der Waals surface area contributed by atoms with E-state index in [-0.39, 0.29) is 31.6 Å². The summed E-state index contributed by atoms with van der Waals surface area (Å²) in [5.41, 5.74) is 0. The SMILES string of the molecule is CC/C=C\C/C=C\C/C=C\C/C=C\C/C=C\CC(=O)OCC(COC(=O)CCCCCCCCCCCCCCC/C=C\C/C=C\CCCCCCC)OC(=O)CCCCCCC/C=C\C/C=C\CCCCCC. The second-order valence-electron chi connectivity index (χ2n) is 20.2. The average Bonchev–Trinajstić information content (AvgIpc) is 3.40. The Morgan fingerprint density at radius 3 is 0.959 bits per heavy atom. The Balaban J connectivity index is 4.40. The van der Waals surface area contributed by atoms with Crippen LogP contribution in [0.25, 0.3) is 0 Å². The molecular weight excluding hydrogens is 913 g/mol. The first-order chi connectivity index (χ1) is 36.5. The molecule has 0 aliphatic heterocycles. The van der Waals surface area contributed by atoms with E-state index in [4.69, 9.17) is 14.2 Å². The molecule has 0 aromatic rings. The van der Waals surface area contributed by atoms with Crippen LogP contribution in [0.4, 0.5) is 0 Å². The molecular formula is C68H114O6. The topological polar surface area (TPSA) is 78.9 Å². The molecule has 0 aliphatic carbocycles. The summed E-state index contributed by atoms with van der Waals surface area (Å²) in [6, 6.07) is 0. The van der Waals surface area contributed by atoms with Crippen LogP contribution in [0.2, 0.25) is 0 Å². The van der Waals surface area contributed by atoms with Crippen molar-refractivity contribution in [3.63, 3.8) is 0 Å². The molecule has 6 nitrogen and oxygen atoms in total. The van der Waals surface area contributed by atoms with Gasteiger partial charge in [-0.3, -0.25) is 14.4 Å².